The van der Waals surface area contributed by atoms with Gasteiger partial charge >= 0.3 is 0 Å². The molecule has 150 valence electrons. The van der Waals surface area contributed by atoms with Crippen LogP contribution in [0.25, 0.3) is 0 Å². The van der Waals surface area contributed by atoms with Gasteiger partial charge in [0.05, 0.1) is 26.7 Å². The highest BCUT2D eigenvalue weighted by Crippen LogP contribution is 2.39. The molecule has 1 amide bonds. The van der Waals surface area contributed by atoms with Crippen molar-refractivity contribution >= 4 is 5.91 Å². The molecule has 0 bridgehead atoms. The minimum atomic E-state index is -0.0201. The van der Waals surface area contributed by atoms with Crippen LogP contribution in [0, 0.1) is 0 Å². The number of likely N-dealkylation sites (N-methyl/N-ethyl adjacent to an activating group) is 1. The average Bonchev–Trinajstić information content (AvgIpc) is 2.72. The van der Waals surface area contributed by atoms with Crippen molar-refractivity contribution in [1.82, 2.24) is 10.2 Å². The van der Waals surface area contributed by atoms with E-state index in [0.29, 0.717) is 6.42 Å². The van der Waals surface area contributed by atoms with Gasteiger partial charge < -0.3 is 14.8 Å². The van der Waals surface area contributed by atoms with E-state index in [1.54, 1.807) is 14.2 Å². The second-order valence-corrected chi connectivity index (χ2v) is 7.25. The molecule has 5 heteroatoms. The molecule has 3 rings (SSSR count). The molecule has 2 aromatic carbocycles. The number of benzene rings is 2. The molecule has 2 atom stereocenters. The predicted octanol–water partition coefficient (Wildman–Crippen LogP) is 3.37. The van der Waals surface area contributed by atoms with Crippen molar-refractivity contribution in [3.63, 3.8) is 0 Å². The molecule has 5 nitrogen and oxygen atoms in total. The Morgan fingerprint density at radius 2 is 1.86 bits per heavy atom. The molecule has 0 saturated carbocycles. The quantitative estimate of drug-likeness (QED) is 0.798. The highest BCUT2D eigenvalue weighted by molar-refractivity contribution is 5.79. The highest BCUT2D eigenvalue weighted by atomic mass is 16.5. The first-order valence-electron chi connectivity index (χ1n) is 9.89. The summed E-state index contributed by atoms with van der Waals surface area (Å²) in [6.45, 7) is 6.14. The van der Waals surface area contributed by atoms with Gasteiger partial charge in [0.2, 0.25) is 5.91 Å². The number of methoxy groups -OCH3 is 2. The second kappa shape index (κ2) is 9.11. The Hall–Kier alpha value is -2.53. The van der Waals surface area contributed by atoms with Crippen LogP contribution in [0.5, 0.6) is 11.5 Å². The van der Waals surface area contributed by atoms with E-state index in [1.807, 2.05) is 30.3 Å². The lowest BCUT2D eigenvalue weighted by molar-refractivity contribution is -0.121. The Bertz CT molecular complexity index is 807. The summed E-state index contributed by atoms with van der Waals surface area (Å²) in [5, 5.41) is 3.22. The maximum absolute atomic E-state index is 12.6. The fourth-order valence-electron chi connectivity index (χ4n) is 4.13. The molecule has 1 aliphatic rings. The number of hydrogen-bond acceptors (Lipinski definition) is 4. The van der Waals surface area contributed by atoms with Crippen LogP contribution in [-0.4, -0.2) is 44.2 Å². The molecular weight excluding hydrogens is 352 g/mol. The van der Waals surface area contributed by atoms with E-state index in [-0.39, 0.29) is 18.0 Å². The molecule has 1 heterocycles. The standard InChI is InChI=1S/C23H30N2O3/c1-5-25-12-11-18-14-20(27-3)21(28-4)15-19(18)23(25)16(2)24-22(26)13-17-9-7-6-8-10-17/h6-10,14-16,23H,5,11-13H2,1-4H3,(H,24,26)/t16-,23+/m1/s1. The first-order chi connectivity index (χ1) is 13.6. The van der Waals surface area contributed by atoms with E-state index in [1.165, 1.54) is 11.1 Å². The van der Waals surface area contributed by atoms with Crippen molar-refractivity contribution in [2.24, 2.45) is 0 Å². The first kappa shape index (κ1) is 20.2. The van der Waals surface area contributed by atoms with Crippen LogP contribution in [0.1, 0.15) is 36.6 Å². The number of carbonyl (C=O) groups excluding carboxylic acids is 1. The first-order valence-corrected chi connectivity index (χ1v) is 9.89. The molecule has 0 aliphatic carbocycles. The molecule has 1 N–H and O–H groups in total. The van der Waals surface area contributed by atoms with Crippen LogP contribution in [0.3, 0.4) is 0 Å². The Kier molecular flexibility index (Phi) is 6.57. The third-order valence-corrected chi connectivity index (χ3v) is 5.50. The van der Waals surface area contributed by atoms with E-state index in [0.717, 1.165) is 36.6 Å². The van der Waals surface area contributed by atoms with E-state index >= 15 is 0 Å². The highest BCUT2D eigenvalue weighted by Gasteiger charge is 2.32. The van der Waals surface area contributed by atoms with Gasteiger partial charge in [-0.15, -0.1) is 0 Å². The zero-order valence-corrected chi connectivity index (χ0v) is 17.2. The normalized spacial score (nSPS) is 17.5. The zero-order valence-electron chi connectivity index (χ0n) is 17.2. The molecule has 0 unspecified atom stereocenters. The van der Waals surface area contributed by atoms with Gasteiger partial charge in [-0.05, 0) is 48.7 Å². The van der Waals surface area contributed by atoms with Crippen molar-refractivity contribution < 1.29 is 14.3 Å². The van der Waals surface area contributed by atoms with Crippen molar-refractivity contribution in [2.45, 2.75) is 38.8 Å². The SMILES string of the molecule is CCN1CCc2cc(OC)c(OC)cc2[C@@H]1[C@@H](C)NC(=O)Cc1ccccc1. The Morgan fingerprint density at radius 1 is 1.18 bits per heavy atom. The molecule has 0 fully saturated rings. The number of carbonyl (C=O) groups is 1. The van der Waals surface area contributed by atoms with Crippen molar-refractivity contribution in [3.05, 3.63) is 59.2 Å². The van der Waals surface area contributed by atoms with E-state index < -0.39 is 0 Å². The molecule has 28 heavy (non-hydrogen) atoms. The topological polar surface area (TPSA) is 50.8 Å². The fraction of sp³-hybridized carbons (Fsp3) is 0.435. The summed E-state index contributed by atoms with van der Waals surface area (Å²) >= 11 is 0. The summed E-state index contributed by atoms with van der Waals surface area (Å²) < 4.78 is 11.0. The predicted molar refractivity (Wildman–Crippen MR) is 111 cm³/mol. The average molecular weight is 383 g/mol. The Morgan fingerprint density at radius 3 is 2.50 bits per heavy atom. The Labute approximate surface area is 167 Å². The smallest absolute Gasteiger partial charge is 0.224 e. The summed E-state index contributed by atoms with van der Waals surface area (Å²) in [4.78, 5) is 15.0. The molecule has 0 saturated heterocycles. The third-order valence-electron chi connectivity index (χ3n) is 5.50. The maximum Gasteiger partial charge on any atom is 0.224 e. The van der Waals surface area contributed by atoms with Gasteiger partial charge in [-0.3, -0.25) is 9.69 Å². The van der Waals surface area contributed by atoms with E-state index in [2.05, 4.69) is 36.2 Å². The molecule has 0 radical (unpaired) electrons. The van der Waals surface area contributed by atoms with Crippen LogP contribution >= 0.6 is 0 Å². The number of rotatable bonds is 7. The molecule has 1 aliphatic heterocycles. The van der Waals surface area contributed by atoms with Gasteiger partial charge in [-0.2, -0.15) is 0 Å². The lowest BCUT2D eigenvalue weighted by Crippen LogP contribution is -2.47. The number of nitrogens with zero attached hydrogens (tertiary/aromatic N) is 1. The minimum Gasteiger partial charge on any atom is -0.493 e. The van der Waals surface area contributed by atoms with Crippen LogP contribution < -0.4 is 14.8 Å². The Balaban J connectivity index is 1.83. The lowest BCUT2D eigenvalue weighted by atomic mass is 9.88. The maximum atomic E-state index is 12.6. The largest absolute Gasteiger partial charge is 0.493 e. The number of ether oxygens (including phenoxy) is 2. The van der Waals surface area contributed by atoms with Gasteiger partial charge in [0, 0.05) is 12.6 Å². The van der Waals surface area contributed by atoms with Crippen LogP contribution in [0.15, 0.2) is 42.5 Å². The molecule has 2 aromatic rings. The summed E-state index contributed by atoms with van der Waals surface area (Å²) in [7, 11) is 3.32. The van der Waals surface area contributed by atoms with Gasteiger partial charge in [0.25, 0.3) is 0 Å². The van der Waals surface area contributed by atoms with Crippen molar-refractivity contribution in [3.8, 4) is 11.5 Å². The fourth-order valence-corrected chi connectivity index (χ4v) is 4.13. The van der Waals surface area contributed by atoms with Gasteiger partial charge in [0.1, 0.15) is 0 Å². The van der Waals surface area contributed by atoms with Crippen LogP contribution in [-0.2, 0) is 17.6 Å². The third kappa shape index (κ3) is 4.30. The summed E-state index contributed by atoms with van der Waals surface area (Å²) in [5.41, 5.74) is 3.49. The molecule has 0 spiro atoms. The number of nitrogens with one attached hydrogen (secondary N) is 1. The lowest BCUT2D eigenvalue weighted by Gasteiger charge is -2.40. The van der Waals surface area contributed by atoms with Crippen LogP contribution in [0.4, 0.5) is 0 Å². The molecule has 0 aromatic heterocycles. The minimum absolute atomic E-state index is 0.0201. The number of fused-ring (bicyclic) bond motifs is 1. The second-order valence-electron chi connectivity index (χ2n) is 7.25. The van der Waals surface area contributed by atoms with Gasteiger partial charge in [-0.1, -0.05) is 37.3 Å². The van der Waals surface area contributed by atoms with Crippen molar-refractivity contribution in [1.29, 1.82) is 0 Å². The van der Waals surface area contributed by atoms with Crippen molar-refractivity contribution in [2.75, 3.05) is 27.3 Å². The summed E-state index contributed by atoms with van der Waals surface area (Å²) in [5.74, 6) is 1.53. The summed E-state index contributed by atoms with van der Waals surface area (Å²) in [6, 6.07) is 14.1. The number of amides is 1. The van der Waals surface area contributed by atoms with Crippen LogP contribution in [0.2, 0.25) is 0 Å². The monoisotopic (exact) mass is 382 g/mol. The molecular formula is C23H30N2O3. The van der Waals surface area contributed by atoms with E-state index in [9.17, 15) is 4.79 Å². The van der Waals surface area contributed by atoms with E-state index in [4.69, 9.17) is 9.47 Å². The van der Waals surface area contributed by atoms with Gasteiger partial charge in [-0.25, -0.2) is 0 Å². The summed E-state index contributed by atoms with van der Waals surface area (Å²) in [6.07, 6.45) is 1.35. The zero-order chi connectivity index (χ0) is 20.1. The van der Waals surface area contributed by atoms with Gasteiger partial charge in [0.15, 0.2) is 11.5 Å². The number of hydrogen-bond donors (Lipinski definition) is 1.